The van der Waals surface area contributed by atoms with Crippen LogP contribution in [0.2, 0.25) is 0 Å². The number of hydrogen-bond donors (Lipinski definition) is 2. The van der Waals surface area contributed by atoms with Gasteiger partial charge < -0.3 is 20.1 Å². The molecule has 5 heteroatoms. The molecule has 0 aromatic rings. The average molecular weight is 256 g/mol. The molecule has 0 spiro atoms. The van der Waals surface area contributed by atoms with Crippen molar-refractivity contribution in [2.45, 2.75) is 44.8 Å². The number of aliphatic hydroxyl groups is 1. The Labute approximate surface area is 108 Å². The van der Waals surface area contributed by atoms with E-state index in [1.54, 1.807) is 4.90 Å². The van der Waals surface area contributed by atoms with Gasteiger partial charge in [0, 0.05) is 19.6 Å². The van der Waals surface area contributed by atoms with Gasteiger partial charge in [0.05, 0.1) is 12.1 Å². The van der Waals surface area contributed by atoms with Crippen LogP contribution < -0.4 is 5.32 Å². The quantitative estimate of drug-likeness (QED) is 0.773. The van der Waals surface area contributed by atoms with Crippen LogP contribution in [0.3, 0.4) is 0 Å². The first kappa shape index (κ1) is 13.6. The molecule has 2 fully saturated rings. The molecule has 0 aromatic heterocycles. The summed E-state index contributed by atoms with van der Waals surface area (Å²) in [5, 5.41) is 13.0. The summed E-state index contributed by atoms with van der Waals surface area (Å²) in [6.45, 7) is 7.59. The Hall–Kier alpha value is -0.810. The molecule has 104 valence electrons. The summed E-state index contributed by atoms with van der Waals surface area (Å²) in [7, 11) is 0. The highest BCUT2D eigenvalue weighted by atomic mass is 16.6. The number of nitrogens with one attached hydrogen (secondary N) is 1. The number of rotatable bonds is 2. The monoisotopic (exact) mass is 256 g/mol. The maximum atomic E-state index is 12.1. The molecule has 2 aliphatic rings. The van der Waals surface area contributed by atoms with Crippen LogP contribution in [-0.2, 0) is 4.74 Å². The van der Waals surface area contributed by atoms with Crippen LogP contribution in [0.4, 0.5) is 4.79 Å². The molecular weight excluding hydrogens is 232 g/mol. The first-order valence-corrected chi connectivity index (χ1v) is 6.70. The van der Waals surface area contributed by atoms with Crippen molar-refractivity contribution in [3.8, 4) is 0 Å². The molecule has 5 nitrogen and oxygen atoms in total. The van der Waals surface area contributed by atoms with Gasteiger partial charge in [-0.05, 0) is 39.5 Å². The number of carbonyl (C=O) groups is 1. The predicted octanol–water partition coefficient (Wildman–Crippen LogP) is 0.968. The first-order valence-electron chi connectivity index (χ1n) is 6.70. The summed E-state index contributed by atoms with van der Waals surface area (Å²) in [5.74, 6) is 0.493. The van der Waals surface area contributed by atoms with Crippen LogP contribution in [0, 0.1) is 5.92 Å². The summed E-state index contributed by atoms with van der Waals surface area (Å²) in [6.07, 6.45) is 1.99. The maximum absolute atomic E-state index is 12.1. The number of piperazine rings is 1. The molecule has 1 heterocycles. The molecule has 0 bridgehead atoms. The fourth-order valence-corrected chi connectivity index (χ4v) is 2.54. The van der Waals surface area contributed by atoms with Gasteiger partial charge in [-0.1, -0.05) is 0 Å². The Balaban J connectivity index is 1.99. The van der Waals surface area contributed by atoms with Crippen LogP contribution in [0.15, 0.2) is 0 Å². The summed E-state index contributed by atoms with van der Waals surface area (Å²) in [5.41, 5.74) is -0.779. The van der Waals surface area contributed by atoms with E-state index in [9.17, 15) is 9.90 Å². The lowest BCUT2D eigenvalue weighted by Gasteiger charge is -2.43. The SMILES string of the molecule is CC(C)(C)OC(=O)N1CCNC(CO)(C2CC2)C1. The number of carbonyl (C=O) groups excluding carboxylic acids is 1. The van der Waals surface area contributed by atoms with E-state index in [-0.39, 0.29) is 18.2 Å². The van der Waals surface area contributed by atoms with Crippen molar-refractivity contribution >= 4 is 6.09 Å². The summed E-state index contributed by atoms with van der Waals surface area (Å²) in [6, 6.07) is 0. The zero-order valence-corrected chi connectivity index (χ0v) is 11.5. The maximum Gasteiger partial charge on any atom is 0.410 e. The Kier molecular flexibility index (Phi) is 3.56. The zero-order chi connectivity index (χ0) is 13.4. The summed E-state index contributed by atoms with van der Waals surface area (Å²) >= 11 is 0. The third kappa shape index (κ3) is 2.95. The van der Waals surface area contributed by atoms with Crippen molar-refractivity contribution in [2.75, 3.05) is 26.2 Å². The zero-order valence-electron chi connectivity index (χ0n) is 11.5. The van der Waals surface area contributed by atoms with Crippen LogP contribution in [0.5, 0.6) is 0 Å². The van der Waals surface area contributed by atoms with Crippen molar-refractivity contribution in [1.29, 1.82) is 0 Å². The average Bonchev–Trinajstić information content (AvgIpc) is 3.11. The minimum atomic E-state index is -0.469. The van der Waals surface area contributed by atoms with Gasteiger partial charge in [0.15, 0.2) is 0 Å². The number of amides is 1. The Morgan fingerprint density at radius 1 is 1.50 bits per heavy atom. The van der Waals surface area contributed by atoms with Crippen LogP contribution >= 0.6 is 0 Å². The minimum Gasteiger partial charge on any atom is -0.444 e. The largest absolute Gasteiger partial charge is 0.444 e. The van der Waals surface area contributed by atoms with Gasteiger partial charge in [0.2, 0.25) is 0 Å². The van der Waals surface area contributed by atoms with Gasteiger partial charge >= 0.3 is 6.09 Å². The second-order valence-corrected chi connectivity index (χ2v) is 6.42. The summed E-state index contributed by atoms with van der Waals surface area (Å²) in [4.78, 5) is 13.8. The van der Waals surface area contributed by atoms with Crippen molar-refractivity contribution in [2.24, 2.45) is 5.92 Å². The van der Waals surface area contributed by atoms with Crippen molar-refractivity contribution in [1.82, 2.24) is 10.2 Å². The van der Waals surface area contributed by atoms with Crippen molar-refractivity contribution in [3.05, 3.63) is 0 Å². The normalized spacial score (nSPS) is 29.2. The topological polar surface area (TPSA) is 61.8 Å². The molecular formula is C13H24N2O3. The van der Waals surface area contributed by atoms with Crippen molar-refractivity contribution < 1.29 is 14.6 Å². The van der Waals surface area contributed by atoms with Gasteiger partial charge in [-0.25, -0.2) is 4.79 Å². The highest BCUT2D eigenvalue weighted by Crippen LogP contribution is 2.40. The van der Waals surface area contributed by atoms with Crippen molar-refractivity contribution in [3.63, 3.8) is 0 Å². The third-order valence-corrected chi connectivity index (χ3v) is 3.62. The Bertz CT molecular complexity index is 323. The molecule has 2 N–H and O–H groups in total. The van der Waals surface area contributed by atoms with Gasteiger partial charge in [-0.15, -0.1) is 0 Å². The molecule has 0 radical (unpaired) electrons. The molecule has 1 saturated carbocycles. The highest BCUT2D eigenvalue weighted by Gasteiger charge is 2.48. The van der Waals surface area contributed by atoms with Gasteiger partial charge in [0.1, 0.15) is 5.60 Å². The summed E-state index contributed by atoms with van der Waals surface area (Å²) < 4.78 is 5.39. The third-order valence-electron chi connectivity index (χ3n) is 3.62. The minimum absolute atomic E-state index is 0.0803. The van der Waals surface area contributed by atoms with E-state index < -0.39 is 5.60 Å². The van der Waals surface area contributed by atoms with E-state index in [4.69, 9.17) is 4.74 Å². The van der Waals surface area contributed by atoms with Crippen LogP contribution in [0.1, 0.15) is 33.6 Å². The van der Waals surface area contributed by atoms with E-state index in [0.717, 1.165) is 19.4 Å². The number of ether oxygens (including phenoxy) is 1. The molecule has 1 aliphatic carbocycles. The molecule has 18 heavy (non-hydrogen) atoms. The molecule has 1 aliphatic heterocycles. The lowest BCUT2D eigenvalue weighted by Crippen LogP contribution is -2.65. The molecule has 1 saturated heterocycles. The Morgan fingerprint density at radius 2 is 2.17 bits per heavy atom. The van der Waals surface area contributed by atoms with E-state index >= 15 is 0 Å². The lowest BCUT2D eigenvalue weighted by atomic mass is 9.91. The second kappa shape index (κ2) is 4.70. The Morgan fingerprint density at radius 3 is 2.67 bits per heavy atom. The standard InChI is InChI=1S/C13H24N2O3/c1-12(2,3)18-11(17)15-7-6-14-13(8-15,9-16)10-4-5-10/h10,14,16H,4-9H2,1-3H3. The van der Waals surface area contributed by atoms with E-state index in [1.165, 1.54) is 0 Å². The predicted molar refractivity (Wildman–Crippen MR) is 68.4 cm³/mol. The van der Waals surface area contributed by atoms with E-state index in [1.807, 2.05) is 20.8 Å². The van der Waals surface area contributed by atoms with Gasteiger partial charge in [0.25, 0.3) is 0 Å². The molecule has 0 aromatic carbocycles. The molecule has 1 unspecified atom stereocenters. The second-order valence-electron chi connectivity index (χ2n) is 6.42. The smallest absolute Gasteiger partial charge is 0.410 e. The first-order chi connectivity index (χ1) is 8.36. The fraction of sp³-hybridized carbons (Fsp3) is 0.923. The van der Waals surface area contributed by atoms with Gasteiger partial charge in [-0.3, -0.25) is 0 Å². The van der Waals surface area contributed by atoms with Crippen LogP contribution in [-0.4, -0.2) is 53.5 Å². The fourth-order valence-electron chi connectivity index (χ4n) is 2.54. The van der Waals surface area contributed by atoms with E-state index in [2.05, 4.69) is 5.32 Å². The van der Waals surface area contributed by atoms with Gasteiger partial charge in [-0.2, -0.15) is 0 Å². The lowest BCUT2D eigenvalue weighted by molar-refractivity contribution is 0.00202. The molecule has 1 atom stereocenters. The molecule has 1 amide bonds. The van der Waals surface area contributed by atoms with Crippen LogP contribution in [0.25, 0.3) is 0 Å². The number of hydrogen-bond acceptors (Lipinski definition) is 4. The number of aliphatic hydroxyl groups excluding tert-OH is 1. The molecule has 2 rings (SSSR count). The highest BCUT2D eigenvalue weighted by molar-refractivity contribution is 5.68. The van der Waals surface area contributed by atoms with E-state index in [0.29, 0.717) is 19.0 Å². The number of nitrogens with zero attached hydrogens (tertiary/aromatic N) is 1.